The molecule has 0 bridgehead atoms. The van der Waals surface area contributed by atoms with Crippen molar-refractivity contribution in [2.24, 2.45) is 0 Å². The Balaban J connectivity index is 4.08. The summed E-state index contributed by atoms with van der Waals surface area (Å²) in [6.45, 7) is 3.51. The van der Waals surface area contributed by atoms with E-state index in [0.717, 1.165) is 89.9 Å². The third-order valence-electron chi connectivity index (χ3n) is 7.43. The molecule has 0 aromatic carbocycles. The lowest BCUT2D eigenvalue weighted by atomic mass is 10.1. The van der Waals surface area contributed by atoms with Gasteiger partial charge in [0.2, 0.25) is 0 Å². The highest BCUT2D eigenvalue weighted by molar-refractivity contribution is 7.46. The lowest BCUT2D eigenvalue weighted by molar-refractivity contribution is -0.161. The Morgan fingerprint density at radius 2 is 0.959 bits per heavy atom. The number of rotatable bonds is 33. The molecule has 49 heavy (non-hydrogen) atoms. The van der Waals surface area contributed by atoms with Gasteiger partial charge < -0.3 is 19.3 Å². The summed E-state index contributed by atoms with van der Waals surface area (Å²) < 4.78 is 26.3. The number of unbranched alkanes of at least 4 members (excludes halogenated alkanes) is 11. The fourth-order valence-electron chi connectivity index (χ4n) is 4.61. The highest BCUT2D eigenvalue weighted by atomic mass is 31.2. The third-order valence-corrected chi connectivity index (χ3v) is 7.91. The quantitative estimate of drug-likeness (QED) is 0.0299. The van der Waals surface area contributed by atoms with Crippen LogP contribution in [-0.4, -0.2) is 41.0 Å². The van der Waals surface area contributed by atoms with E-state index in [0.29, 0.717) is 12.8 Å². The van der Waals surface area contributed by atoms with Crippen LogP contribution in [0.2, 0.25) is 0 Å². The molecule has 8 nitrogen and oxygen atoms in total. The van der Waals surface area contributed by atoms with E-state index in [1.807, 2.05) is 0 Å². The molecule has 0 aromatic rings. The lowest BCUT2D eigenvalue weighted by Crippen LogP contribution is -2.29. The first-order valence-electron chi connectivity index (χ1n) is 18.7. The van der Waals surface area contributed by atoms with E-state index in [1.165, 1.54) is 19.3 Å². The van der Waals surface area contributed by atoms with Crippen molar-refractivity contribution in [2.75, 3.05) is 13.2 Å². The zero-order valence-corrected chi connectivity index (χ0v) is 31.5. The number of esters is 2. The largest absolute Gasteiger partial charge is 0.469 e. The van der Waals surface area contributed by atoms with Crippen LogP contribution in [0.1, 0.15) is 149 Å². The topological polar surface area (TPSA) is 119 Å². The molecule has 0 heterocycles. The van der Waals surface area contributed by atoms with Crippen molar-refractivity contribution < 1.29 is 37.9 Å². The van der Waals surface area contributed by atoms with Gasteiger partial charge in [0.05, 0.1) is 6.61 Å². The first kappa shape index (κ1) is 46.5. The Morgan fingerprint density at radius 3 is 1.47 bits per heavy atom. The van der Waals surface area contributed by atoms with Crippen LogP contribution in [0, 0.1) is 0 Å². The van der Waals surface area contributed by atoms with Crippen LogP contribution in [0.4, 0.5) is 0 Å². The summed E-state index contributed by atoms with van der Waals surface area (Å²) in [5.74, 6) is -0.946. The highest BCUT2D eigenvalue weighted by Gasteiger charge is 2.22. The minimum absolute atomic E-state index is 0.184. The summed E-state index contributed by atoms with van der Waals surface area (Å²) in [5.41, 5.74) is 0. The Morgan fingerprint density at radius 1 is 0.531 bits per heavy atom. The number of carbonyl (C=O) groups is 2. The summed E-state index contributed by atoms with van der Waals surface area (Å²) in [7, 11) is -4.76. The Kier molecular flexibility index (Phi) is 33.5. The summed E-state index contributed by atoms with van der Waals surface area (Å²) in [4.78, 5) is 42.7. The number of carbonyl (C=O) groups excluding carboxylic acids is 2. The van der Waals surface area contributed by atoms with Gasteiger partial charge in [-0.1, -0.05) is 132 Å². The van der Waals surface area contributed by atoms with Crippen LogP contribution in [-0.2, 0) is 28.2 Å². The number of phosphoric acid groups is 1. The van der Waals surface area contributed by atoms with Crippen molar-refractivity contribution in [2.45, 2.75) is 155 Å². The summed E-state index contributed by atoms with van der Waals surface area (Å²) in [6.07, 6.45) is 44.7. The molecule has 0 amide bonds. The molecular weight excluding hydrogens is 639 g/mol. The van der Waals surface area contributed by atoms with Gasteiger partial charge in [0.1, 0.15) is 6.61 Å². The maximum absolute atomic E-state index is 12.3. The van der Waals surface area contributed by atoms with Crippen molar-refractivity contribution in [3.63, 3.8) is 0 Å². The van der Waals surface area contributed by atoms with Crippen molar-refractivity contribution in [1.29, 1.82) is 0 Å². The first-order valence-corrected chi connectivity index (χ1v) is 20.3. The molecule has 0 saturated heterocycles. The highest BCUT2D eigenvalue weighted by Crippen LogP contribution is 2.35. The maximum Gasteiger partial charge on any atom is 0.469 e. The number of allylic oxidation sites excluding steroid dienone is 12. The average Bonchev–Trinajstić information content (AvgIpc) is 3.07. The SMILES string of the molecule is CCC/C=C/C/C=C/C/C=C/C/C=C/CCCCCC(=O)OC[C@H](COP(=O)(O)O)OC(=O)CCCCCCC/C=C/C/C=C/CCCC. The predicted molar refractivity (Wildman–Crippen MR) is 202 cm³/mol. The standard InChI is InChI=1S/C40H67O8P/c1-3-5-7-9-11-13-15-17-19-20-21-23-24-26-28-30-32-34-39(41)46-36-38(37-47-49(43,44)45)48-40(42)35-33-31-29-27-25-22-18-16-14-12-10-8-6-4-2/h7,9-10,12-13,15-16,18-20,23-24,38H,3-6,8,11,14,17,21-22,25-37H2,1-2H3,(H2,43,44,45)/b9-7+,12-10+,15-13+,18-16+,20-19+,24-23+/t38-/m1/s1. The van der Waals surface area contributed by atoms with Crippen LogP contribution in [0.25, 0.3) is 0 Å². The van der Waals surface area contributed by atoms with Crippen molar-refractivity contribution in [3.8, 4) is 0 Å². The van der Waals surface area contributed by atoms with Gasteiger partial charge in [-0.15, -0.1) is 0 Å². The zero-order valence-electron chi connectivity index (χ0n) is 30.6. The molecule has 0 aliphatic rings. The second kappa shape index (κ2) is 35.3. The molecule has 9 heteroatoms. The van der Waals surface area contributed by atoms with Gasteiger partial charge in [-0.3, -0.25) is 14.1 Å². The van der Waals surface area contributed by atoms with Gasteiger partial charge in [-0.2, -0.15) is 0 Å². The van der Waals surface area contributed by atoms with E-state index in [4.69, 9.17) is 19.3 Å². The molecule has 0 unspecified atom stereocenters. The first-order chi connectivity index (χ1) is 23.8. The molecule has 0 saturated carbocycles. The fourth-order valence-corrected chi connectivity index (χ4v) is 4.97. The molecule has 0 aliphatic heterocycles. The summed E-state index contributed by atoms with van der Waals surface area (Å²) in [6, 6.07) is 0. The molecule has 0 aliphatic carbocycles. The van der Waals surface area contributed by atoms with Crippen molar-refractivity contribution in [3.05, 3.63) is 72.9 Å². The zero-order chi connectivity index (χ0) is 36.1. The van der Waals surface area contributed by atoms with Gasteiger partial charge in [0.25, 0.3) is 0 Å². The summed E-state index contributed by atoms with van der Waals surface area (Å²) >= 11 is 0. The second-order valence-corrected chi connectivity index (χ2v) is 13.4. The Bertz CT molecular complexity index is 1020. The van der Waals surface area contributed by atoms with Gasteiger partial charge in [0, 0.05) is 12.8 Å². The molecule has 0 spiro atoms. The minimum Gasteiger partial charge on any atom is -0.462 e. The van der Waals surface area contributed by atoms with Crippen molar-refractivity contribution in [1.82, 2.24) is 0 Å². The minimum atomic E-state index is -4.76. The number of hydrogen-bond acceptors (Lipinski definition) is 6. The van der Waals surface area contributed by atoms with Gasteiger partial charge in [-0.05, 0) is 77.0 Å². The Labute approximate surface area is 298 Å². The monoisotopic (exact) mass is 706 g/mol. The van der Waals surface area contributed by atoms with Gasteiger partial charge in [-0.25, -0.2) is 4.57 Å². The lowest BCUT2D eigenvalue weighted by Gasteiger charge is -2.18. The average molecular weight is 707 g/mol. The molecule has 0 rings (SSSR count). The van der Waals surface area contributed by atoms with E-state index in [-0.39, 0.29) is 19.4 Å². The molecule has 2 N–H and O–H groups in total. The molecule has 0 aromatic heterocycles. The number of ether oxygens (including phenoxy) is 2. The molecular formula is C40H67O8P. The van der Waals surface area contributed by atoms with Crippen LogP contribution in [0.15, 0.2) is 72.9 Å². The van der Waals surface area contributed by atoms with E-state index >= 15 is 0 Å². The Hall–Kier alpha value is -2.51. The normalized spacial score (nSPS) is 13.3. The molecule has 0 fully saturated rings. The van der Waals surface area contributed by atoms with Crippen LogP contribution < -0.4 is 0 Å². The van der Waals surface area contributed by atoms with Gasteiger partial charge >= 0.3 is 19.8 Å². The van der Waals surface area contributed by atoms with E-state index < -0.39 is 32.5 Å². The number of hydrogen-bond donors (Lipinski definition) is 2. The third kappa shape index (κ3) is 38.1. The van der Waals surface area contributed by atoms with Gasteiger partial charge in [0.15, 0.2) is 6.10 Å². The van der Waals surface area contributed by atoms with Crippen LogP contribution in [0.5, 0.6) is 0 Å². The predicted octanol–water partition coefficient (Wildman–Crippen LogP) is 11.1. The molecule has 1 atom stereocenters. The van der Waals surface area contributed by atoms with Crippen molar-refractivity contribution >= 4 is 19.8 Å². The fraction of sp³-hybridized carbons (Fsp3) is 0.650. The van der Waals surface area contributed by atoms with E-state index in [2.05, 4.69) is 91.3 Å². The molecule has 0 radical (unpaired) electrons. The smallest absolute Gasteiger partial charge is 0.462 e. The van der Waals surface area contributed by atoms with E-state index in [1.54, 1.807) is 0 Å². The van der Waals surface area contributed by atoms with E-state index in [9.17, 15) is 14.2 Å². The summed E-state index contributed by atoms with van der Waals surface area (Å²) in [5, 5.41) is 0. The van der Waals surface area contributed by atoms with Crippen LogP contribution in [0.3, 0.4) is 0 Å². The second-order valence-electron chi connectivity index (χ2n) is 12.2. The van der Waals surface area contributed by atoms with Crippen LogP contribution >= 0.6 is 7.82 Å². The molecule has 280 valence electrons. The maximum atomic E-state index is 12.3. The number of phosphoric ester groups is 1.